The summed E-state index contributed by atoms with van der Waals surface area (Å²) in [6.45, 7) is 0. The van der Waals surface area contributed by atoms with Gasteiger partial charge in [0.1, 0.15) is 17.2 Å². The molecule has 2 spiro atoms. The summed E-state index contributed by atoms with van der Waals surface area (Å²) in [4.78, 5) is 39.6. The number of fused-ring (bicyclic) bond motifs is 18. The number of benzene rings is 7. The molecule has 0 N–H and O–H groups in total. The fraction of sp³-hybridized carbons (Fsp3) is 0.0256. The summed E-state index contributed by atoms with van der Waals surface area (Å²) < 4.78 is 0. The van der Waals surface area contributed by atoms with E-state index in [1.807, 2.05) is 118 Å². The first-order valence-corrected chi connectivity index (χ1v) is 33.3. The molecular weight excluding hydrogens is 1180 g/mol. The van der Waals surface area contributed by atoms with Crippen LogP contribution in [0.4, 0.5) is 34.3 Å². The quantitative estimate of drug-likeness (QED) is 0.156. The smallest absolute Gasteiger partial charge is 0.180 e. The fourth-order valence-corrected chi connectivity index (χ4v) is 18.4. The molecule has 8 aromatic heterocycles. The molecule has 2 aliphatic heterocycles. The highest BCUT2D eigenvalue weighted by Crippen LogP contribution is 2.67. The molecular formula is C78H48N8S4. The molecule has 0 fully saturated rings. The number of hydrogen-bond donors (Lipinski definition) is 0. The van der Waals surface area contributed by atoms with Crippen LogP contribution >= 0.6 is 45.3 Å². The molecule has 4 aliphatic rings. The number of anilines is 6. The van der Waals surface area contributed by atoms with E-state index in [1.165, 1.54) is 75.4 Å². The van der Waals surface area contributed by atoms with E-state index in [9.17, 15) is 0 Å². The second-order valence-corrected chi connectivity index (χ2v) is 26.2. The first kappa shape index (κ1) is 52.5. The average molecular weight is 1230 g/mol. The van der Waals surface area contributed by atoms with Crippen LogP contribution in [0.1, 0.15) is 44.5 Å². The maximum Gasteiger partial charge on any atom is 0.180 e. The number of hydrogen-bond acceptors (Lipinski definition) is 12. The van der Waals surface area contributed by atoms with Crippen molar-refractivity contribution in [2.24, 2.45) is 0 Å². The highest BCUT2D eigenvalue weighted by molar-refractivity contribution is 7.21. The zero-order valence-corrected chi connectivity index (χ0v) is 51.2. The van der Waals surface area contributed by atoms with Crippen LogP contribution in [0.5, 0.6) is 0 Å². The van der Waals surface area contributed by atoms with Gasteiger partial charge in [0, 0.05) is 60.3 Å². The van der Waals surface area contributed by atoms with Gasteiger partial charge in [-0.1, -0.05) is 158 Å². The van der Waals surface area contributed by atoms with Gasteiger partial charge in [-0.25, -0.2) is 19.9 Å². The molecule has 2 aliphatic carbocycles. The Morgan fingerprint density at radius 3 is 1.01 bits per heavy atom. The summed E-state index contributed by atoms with van der Waals surface area (Å²) in [5.41, 5.74) is 22.9. The van der Waals surface area contributed by atoms with Gasteiger partial charge in [0.2, 0.25) is 0 Å². The van der Waals surface area contributed by atoms with Crippen molar-refractivity contribution in [1.29, 1.82) is 0 Å². The van der Waals surface area contributed by atoms with Crippen molar-refractivity contribution in [2.75, 3.05) is 9.80 Å². The van der Waals surface area contributed by atoms with Crippen LogP contribution in [0.3, 0.4) is 0 Å². The van der Waals surface area contributed by atoms with E-state index in [-0.39, 0.29) is 10.8 Å². The Kier molecular flexibility index (Phi) is 12.3. The van der Waals surface area contributed by atoms with Crippen LogP contribution in [0.15, 0.2) is 289 Å². The number of nitrogens with zero attached hydrogens (tertiary/aromatic N) is 8. The molecule has 12 heteroatoms. The third-order valence-electron chi connectivity index (χ3n) is 17.9. The van der Waals surface area contributed by atoms with Crippen LogP contribution < -0.4 is 9.80 Å². The molecule has 15 aromatic rings. The van der Waals surface area contributed by atoms with Gasteiger partial charge in [0.25, 0.3) is 0 Å². The van der Waals surface area contributed by atoms with E-state index in [4.69, 9.17) is 19.9 Å². The Balaban J connectivity index is 0.000000135. The lowest BCUT2D eigenvalue weighted by molar-refractivity contribution is 0.754. The van der Waals surface area contributed by atoms with Crippen molar-refractivity contribution in [3.05, 3.63) is 333 Å². The molecule has 10 heterocycles. The van der Waals surface area contributed by atoms with Gasteiger partial charge in [-0.05, 0) is 157 Å². The summed E-state index contributed by atoms with van der Waals surface area (Å²) in [5, 5.41) is 8.98. The Bertz CT molecular complexity index is 4940. The third-order valence-corrected chi connectivity index (χ3v) is 21.9. The highest BCUT2D eigenvalue weighted by atomic mass is 32.1. The number of pyridine rings is 2. The van der Waals surface area contributed by atoms with Gasteiger partial charge in [-0.15, -0.1) is 45.3 Å². The Labute approximate surface area is 535 Å². The minimum Gasteiger partial charge on any atom is -0.310 e. The minimum atomic E-state index is -0.381. The lowest BCUT2D eigenvalue weighted by Gasteiger charge is -2.44. The topological polar surface area (TPSA) is 83.8 Å². The van der Waals surface area contributed by atoms with Gasteiger partial charge in [0.15, 0.2) is 11.6 Å². The molecule has 0 saturated heterocycles. The summed E-state index contributed by atoms with van der Waals surface area (Å²) >= 11 is 7.39. The SMILES string of the molecule is c1ccc(-c2cc(-c3ccc(N4c5ccccc5C5(c6ccccc64)c4ccsc4-c4sccc45)cc3)nc(-c3ccccn3)n2)cc1.c1ccc(-c2cc(N3c4ccccc4C4(c5ccccc53)c3ccsc3-c3sccc34)nc(-c3ccccn3)n2)cc1. The summed E-state index contributed by atoms with van der Waals surface area (Å²) in [6, 6.07) is 90.1. The number of thiophene rings is 4. The predicted molar refractivity (Wildman–Crippen MR) is 369 cm³/mol. The van der Waals surface area contributed by atoms with E-state index < -0.39 is 0 Å². The predicted octanol–water partition coefficient (Wildman–Crippen LogP) is 20.6. The molecule has 0 atom stereocenters. The van der Waals surface area contributed by atoms with Gasteiger partial charge >= 0.3 is 0 Å². The maximum absolute atomic E-state index is 5.19. The molecule has 90 heavy (non-hydrogen) atoms. The fourth-order valence-electron chi connectivity index (χ4n) is 14.2. The largest absolute Gasteiger partial charge is 0.310 e. The number of aromatic nitrogens is 6. The van der Waals surface area contributed by atoms with E-state index in [0.29, 0.717) is 11.6 Å². The van der Waals surface area contributed by atoms with Crippen LogP contribution in [0.2, 0.25) is 0 Å². The standard InChI is InChI=1S/C42H26N4S2.C36H22N4S2/c1-2-10-27(11-3-1)35-26-36(45-41(44-35)34-14-8-9-23-43-34)28-17-19-29(20-18-28)46-37-15-6-4-12-30(37)42(31-13-5-7-16-38(31)46)32-21-24-47-39(32)40-33(42)22-25-48-40;1-2-10-23(11-3-1)29-22-32(39-35(38-29)28-14-8-9-19-37-28)40-30-15-6-4-12-24(30)36(25-13-5-7-16-31(25)40)26-17-20-41-33(26)34-27(36)18-21-42-34/h1-26H;1-22H. The molecule has 424 valence electrons. The third kappa shape index (κ3) is 7.88. The second kappa shape index (κ2) is 21.0. The average Bonchev–Trinajstić information content (AvgIpc) is 1.47. The van der Waals surface area contributed by atoms with Crippen molar-refractivity contribution >= 4 is 79.6 Å². The zero-order valence-electron chi connectivity index (χ0n) is 47.9. The molecule has 0 amide bonds. The van der Waals surface area contributed by atoms with Gasteiger partial charge < -0.3 is 4.90 Å². The zero-order chi connectivity index (χ0) is 59.3. The summed E-state index contributed by atoms with van der Waals surface area (Å²) in [5.74, 6) is 2.02. The van der Waals surface area contributed by atoms with E-state index >= 15 is 0 Å². The van der Waals surface area contributed by atoms with E-state index in [1.54, 1.807) is 12.4 Å². The maximum atomic E-state index is 5.19. The first-order valence-electron chi connectivity index (χ1n) is 29.8. The molecule has 0 saturated carbocycles. The lowest BCUT2D eigenvalue weighted by atomic mass is 9.65. The molecule has 19 rings (SSSR count). The van der Waals surface area contributed by atoms with Crippen molar-refractivity contribution in [3.63, 3.8) is 0 Å². The van der Waals surface area contributed by atoms with Crippen molar-refractivity contribution in [2.45, 2.75) is 10.8 Å². The van der Waals surface area contributed by atoms with E-state index in [0.717, 1.165) is 68.0 Å². The van der Waals surface area contributed by atoms with Crippen molar-refractivity contribution < 1.29 is 0 Å². The van der Waals surface area contributed by atoms with Gasteiger partial charge in [0.05, 0.1) is 50.7 Å². The Hall–Kier alpha value is -10.6. The number of para-hydroxylation sites is 4. The molecule has 0 unspecified atom stereocenters. The van der Waals surface area contributed by atoms with E-state index in [2.05, 4.69) is 223 Å². The highest BCUT2D eigenvalue weighted by Gasteiger charge is 2.54. The number of rotatable bonds is 7. The van der Waals surface area contributed by atoms with Crippen molar-refractivity contribution in [3.8, 4) is 76.3 Å². The second-order valence-electron chi connectivity index (χ2n) is 22.5. The molecule has 7 aromatic carbocycles. The first-order chi connectivity index (χ1) is 44.6. The monoisotopic (exact) mass is 1220 g/mol. The van der Waals surface area contributed by atoms with Crippen LogP contribution in [0, 0.1) is 0 Å². The van der Waals surface area contributed by atoms with Crippen LogP contribution in [-0.2, 0) is 10.8 Å². The molecule has 0 bridgehead atoms. The molecule has 0 radical (unpaired) electrons. The lowest BCUT2D eigenvalue weighted by Crippen LogP contribution is -2.36. The summed E-state index contributed by atoms with van der Waals surface area (Å²) in [6.07, 6.45) is 3.57. The Morgan fingerprint density at radius 2 is 0.611 bits per heavy atom. The summed E-state index contributed by atoms with van der Waals surface area (Å²) in [7, 11) is 0. The van der Waals surface area contributed by atoms with Crippen LogP contribution in [0.25, 0.3) is 76.3 Å². The Morgan fingerprint density at radius 1 is 0.267 bits per heavy atom. The van der Waals surface area contributed by atoms with Gasteiger partial charge in [-0.3, -0.25) is 14.9 Å². The van der Waals surface area contributed by atoms with Crippen LogP contribution in [-0.4, -0.2) is 29.9 Å². The van der Waals surface area contributed by atoms with Crippen molar-refractivity contribution in [1.82, 2.24) is 29.9 Å². The van der Waals surface area contributed by atoms with Gasteiger partial charge in [-0.2, -0.15) is 0 Å². The normalized spacial score (nSPS) is 13.7. The molecule has 8 nitrogen and oxygen atoms in total. The minimum absolute atomic E-state index is 0.342.